The van der Waals surface area contributed by atoms with Crippen molar-refractivity contribution in [2.75, 3.05) is 33.7 Å². The van der Waals surface area contributed by atoms with Crippen molar-refractivity contribution < 1.29 is 0 Å². The molecule has 0 aromatic heterocycles. The number of halogens is 1. The molecule has 154 valence electrons. The first-order valence-electron chi connectivity index (χ1n) is 9.95. The third-order valence-corrected chi connectivity index (χ3v) is 5.45. The van der Waals surface area contributed by atoms with Gasteiger partial charge in [0, 0.05) is 51.4 Å². The Morgan fingerprint density at radius 1 is 1.30 bits per heavy atom. The van der Waals surface area contributed by atoms with E-state index in [2.05, 4.69) is 83.6 Å². The molecule has 0 amide bonds. The summed E-state index contributed by atoms with van der Waals surface area (Å²) >= 11 is 0. The molecule has 1 aromatic rings. The van der Waals surface area contributed by atoms with Crippen LogP contribution in [0, 0.1) is 0 Å². The number of aliphatic imine (C=N–C) groups is 1. The summed E-state index contributed by atoms with van der Waals surface area (Å²) in [6, 6.07) is 12.4. The molecule has 0 radical (unpaired) electrons. The van der Waals surface area contributed by atoms with Crippen molar-refractivity contribution in [3.05, 3.63) is 35.9 Å². The van der Waals surface area contributed by atoms with Gasteiger partial charge in [0.15, 0.2) is 5.96 Å². The number of nitrogens with zero attached hydrogens (tertiary/aromatic N) is 3. The highest BCUT2D eigenvalue weighted by molar-refractivity contribution is 14.0. The van der Waals surface area contributed by atoms with E-state index in [0.29, 0.717) is 18.1 Å². The number of piperidine rings is 1. The molecule has 1 aliphatic heterocycles. The van der Waals surface area contributed by atoms with Gasteiger partial charge in [0.25, 0.3) is 0 Å². The fraction of sp³-hybridized carbons (Fsp3) is 0.667. The summed E-state index contributed by atoms with van der Waals surface area (Å²) in [5.74, 6) is 0.927. The molecule has 1 aromatic carbocycles. The Morgan fingerprint density at radius 2 is 2.00 bits per heavy atom. The Balaban J connectivity index is 0.00000364. The number of hydrogen-bond donors (Lipinski definition) is 2. The summed E-state index contributed by atoms with van der Waals surface area (Å²) in [7, 11) is 4.02. The lowest BCUT2D eigenvalue weighted by molar-refractivity contribution is 0.134. The van der Waals surface area contributed by atoms with Crippen LogP contribution in [-0.4, -0.2) is 67.6 Å². The second-order valence-corrected chi connectivity index (χ2v) is 7.74. The molecule has 1 fully saturated rings. The SMILES string of the molecule is CN=C(NCCN(C)C(C)C)NC1CCN(Cc2ccccc2)C(C)C1.I. The molecule has 1 aliphatic rings. The van der Waals surface area contributed by atoms with Gasteiger partial charge in [-0.25, -0.2) is 0 Å². The Labute approximate surface area is 183 Å². The van der Waals surface area contributed by atoms with Crippen LogP contribution in [0.5, 0.6) is 0 Å². The molecule has 0 bridgehead atoms. The predicted molar refractivity (Wildman–Crippen MR) is 127 cm³/mol. The minimum Gasteiger partial charge on any atom is -0.355 e. The van der Waals surface area contributed by atoms with Crippen LogP contribution in [0.25, 0.3) is 0 Å². The van der Waals surface area contributed by atoms with Crippen LogP contribution >= 0.6 is 24.0 Å². The Kier molecular flexibility index (Phi) is 11.3. The summed E-state index contributed by atoms with van der Waals surface area (Å²) < 4.78 is 0. The highest BCUT2D eigenvalue weighted by Gasteiger charge is 2.25. The van der Waals surface area contributed by atoms with E-state index in [1.54, 1.807) is 0 Å². The lowest BCUT2D eigenvalue weighted by atomic mass is 9.97. The molecule has 0 spiro atoms. The zero-order chi connectivity index (χ0) is 18.9. The molecule has 0 aliphatic carbocycles. The highest BCUT2D eigenvalue weighted by Crippen LogP contribution is 2.19. The maximum Gasteiger partial charge on any atom is 0.191 e. The van der Waals surface area contributed by atoms with Crippen molar-refractivity contribution >= 4 is 29.9 Å². The third kappa shape index (κ3) is 8.35. The fourth-order valence-electron chi connectivity index (χ4n) is 3.40. The molecule has 0 saturated carbocycles. The van der Waals surface area contributed by atoms with E-state index < -0.39 is 0 Å². The van der Waals surface area contributed by atoms with Crippen molar-refractivity contribution in [3.8, 4) is 0 Å². The average Bonchev–Trinajstić information content (AvgIpc) is 2.63. The minimum absolute atomic E-state index is 0. The van der Waals surface area contributed by atoms with Crippen LogP contribution in [0.15, 0.2) is 35.3 Å². The van der Waals surface area contributed by atoms with Crippen molar-refractivity contribution in [1.29, 1.82) is 0 Å². The van der Waals surface area contributed by atoms with Gasteiger partial charge in [-0.05, 0) is 46.2 Å². The van der Waals surface area contributed by atoms with Gasteiger partial charge < -0.3 is 15.5 Å². The predicted octanol–water partition coefficient (Wildman–Crippen LogP) is 3.16. The smallest absolute Gasteiger partial charge is 0.191 e. The van der Waals surface area contributed by atoms with Crippen LogP contribution in [0.2, 0.25) is 0 Å². The largest absolute Gasteiger partial charge is 0.355 e. The van der Waals surface area contributed by atoms with E-state index in [4.69, 9.17) is 0 Å². The molecular formula is C21H38IN5. The molecule has 1 heterocycles. The summed E-state index contributed by atoms with van der Waals surface area (Å²) in [6.45, 7) is 10.9. The van der Waals surface area contributed by atoms with Crippen LogP contribution in [-0.2, 0) is 6.54 Å². The molecule has 1 saturated heterocycles. The zero-order valence-electron chi connectivity index (χ0n) is 17.6. The number of guanidine groups is 1. The minimum atomic E-state index is 0. The van der Waals surface area contributed by atoms with E-state index >= 15 is 0 Å². The standard InChI is InChI=1S/C21H37N5.HI/c1-17(2)25(5)14-12-23-21(22-4)24-20-11-13-26(18(3)15-20)16-19-9-7-6-8-10-19;/h6-10,17-18,20H,11-16H2,1-5H3,(H2,22,23,24);1H. The van der Waals surface area contributed by atoms with Gasteiger partial charge in [-0.1, -0.05) is 30.3 Å². The number of likely N-dealkylation sites (N-methyl/N-ethyl adjacent to an activating group) is 1. The van der Waals surface area contributed by atoms with Gasteiger partial charge in [-0.15, -0.1) is 24.0 Å². The fourth-order valence-corrected chi connectivity index (χ4v) is 3.40. The Bertz CT molecular complexity index is 549. The molecule has 2 N–H and O–H groups in total. The summed E-state index contributed by atoms with van der Waals surface area (Å²) in [6.07, 6.45) is 2.31. The van der Waals surface area contributed by atoms with Crippen LogP contribution in [0.4, 0.5) is 0 Å². The van der Waals surface area contributed by atoms with E-state index in [9.17, 15) is 0 Å². The lowest BCUT2D eigenvalue weighted by Crippen LogP contribution is -2.52. The molecule has 5 nitrogen and oxygen atoms in total. The van der Waals surface area contributed by atoms with Crippen molar-refractivity contribution in [2.45, 2.75) is 58.3 Å². The van der Waals surface area contributed by atoms with Crippen molar-refractivity contribution in [2.24, 2.45) is 4.99 Å². The number of rotatable bonds is 7. The van der Waals surface area contributed by atoms with Gasteiger partial charge in [0.2, 0.25) is 0 Å². The van der Waals surface area contributed by atoms with Crippen LogP contribution in [0.1, 0.15) is 39.2 Å². The van der Waals surface area contributed by atoms with Gasteiger partial charge in [0.05, 0.1) is 0 Å². The van der Waals surface area contributed by atoms with E-state index in [1.165, 1.54) is 5.56 Å². The van der Waals surface area contributed by atoms with E-state index in [0.717, 1.165) is 45.0 Å². The van der Waals surface area contributed by atoms with Gasteiger partial charge in [0.1, 0.15) is 0 Å². The lowest BCUT2D eigenvalue weighted by Gasteiger charge is -2.38. The maximum atomic E-state index is 4.40. The quantitative estimate of drug-likeness (QED) is 0.353. The van der Waals surface area contributed by atoms with E-state index in [1.807, 2.05) is 7.05 Å². The Morgan fingerprint density at radius 3 is 2.59 bits per heavy atom. The first kappa shape index (κ1) is 24.2. The number of likely N-dealkylation sites (tertiary alicyclic amines) is 1. The maximum absolute atomic E-state index is 4.40. The normalized spacial score (nSPS) is 21.2. The highest BCUT2D eigenvalue weighted by atomic mass is 127. The van der Waals surface area contributed by atoms with Crippen LogP contribution < -0.4 is 10.6 Å². The number of nitrogens with one attached hydrogen (secondary N) is 2. The molecular weight excluding hydrogens is 449 g/mol. The van der Waals surface area contributed by atoms with Crippen molar-refractivity contribution in [1.82, 2.24) is 20.4 Å². The average molecular weight is 487 g/mol. The van der Waals surface area contributed by atoms with Crippen LogP contribution in [0.3, 0.4) is 0 Å². The monoisotopic (exact) mass is 487 g/mol. The summed E-state index contributed by atoms with van der Waals surface area (Å²) in [5, 5.41) is 7.07. The van der Waals surface area contributed by atoms with Gasteiger partial charge in [-0.2, -0.15) is 0 Å². The number of benzene rings is 1. The topological polar surface area (TPSA) is 42.9 Å². The molecule has 2 atom stereocenters. The molecule has 2 rings (SSSR count). The van der Waals surface area contributed by atoms with Gasteiger partial charge >= 0.3 is 0 Å². The zero-order valence-corrected chi connectivity index (χ0v) is 19.9. The summed E-state index contributed by atoms with van der Waals surface area (Å²) in [4.78, 5) is 9.32. The van der Waals surface area contributed by atoms with E-state index in [-0.39, 0.29) is 24.0 Å². The number of hydrogen-bond acceptors (Lipinski definition) is 3. The second kappa shape index (κ2) is 12.6. The molecule has 6 heteroatoms. The molecule has 2 unspecified atom stereocenters. The third-order valence-electron chi connectivity index (χ3n) is 5.45. The first-order valence-corrected chi connectivity index (χ1v) is 9.95. The molecule has 27 heavy (non-hydrogen) atoms. The second-order valence-electron chi connectivity index (χ2n) is 7.74. The Hall–Kier alpha value is -0.860. The first-order chi connectivity index (χ1) is 12.5. The van der Waals surface area contributed by atoms with Gasteiger partial charge in [-0.3, -0.25) is 9.89 Å². The summed E-state index contributed by atoms with van der Waals surface area (Å²) in [5.41, 5.74) is 1.40. The van der Waals surface area contributed by atoms with Crippen molar-refractivity contribution in [3.63, 3.8) is 0 Å².